The molecule has 1 aliphatic rings. The van der Waals surface area contributed by atoms with Crippen LogP contribution < -0.4 is 11.1 Å². The first kappa shape index (κ1) is 15.0. The van der Waals surface area contributed by atoms with E-state index in [1.807, 2.05) is 25.1 Å². The summed E-state index contributed by atoms with van der Waals surface area (Å²) >= 11 is 0. The number of aliphatic hydroxyl groups is 1. The monoisotopic (exact) mass is 276 g/mol. The third kappa shape index (κ3) is 2.86. The van der Waals surface area contributed by atoms with Gasteiger partial charge in [0.05, 0.1) is 6.61 Å². The minimum Gasteiger partial charge on any atom is -0.394 e. The molecule has 110 valence electrons. The molecule has 1 amide bonds. The van der Waals surface area contributed by atoms with Crippen LogP contribution >= 0.6 is 0 Å². The summed E-state index contributed by atoms with van der Waals surface area (Å²) in [5, 5.41) is 12.0. The van der Waals surface area contributed by atoms with Crippen LogP contribution in [0.2, 0.25) is 0 Å². The summed E-state index contributed by atoms with van der Waals surface area (Å²) in [5.41, 5.74) is 6.86. The highest BCUT2D eigenvalue weighted by molar-refractivity contribution is 5.82. The summed E-state index contributed by atoms with van der Waals surface area (Å²) in [6.45, 7) is 1.72. The van der Waals surface area contributed by atoms with E-state index in [0.717, 1.165) is 12.8 Å². The maximum absolute atomic E-state index is 11.9. The lowest BCUT2D eigenvalue weighted by molar-refractivity contribution is -0.124. The summed E-state index contributed by atoms with van der Waals surface area (Å²) in [5.74, 6) is -0.276. The minimum atomic E-state index is -0.841. The zero-order valence-corrected chi connectivity index (χ0v) is 12.0. The molecule has 0 saturated heterocycles. The molecule has 0 aromatic heterocycles. The van der Waals surface area contributed by atoms with Crippen molar-refractivity contribution >= 4 is 5.91 Å². The number of aliphatic hydroxyl groups excluding tert-OH is 1. The van der Waals surface area contributed by atoms with Crippen LogP contribution in [0, 0.1) is 0 Å². The predicted octanol–water partition coefficient (Wildman–Crippen LogP) is 1.32. The molecule has 1 fully saturated rings. The van der Waals surface area contributed by atoms with Crippen molar-refractivity contribution in [2.24, 2.45) is 5.73 Å². The Balaban J connectivity index is 2.19. The van der Waals surface area contributed by atoms with E-state index >= 15 is 0 Å². The van der Waals surface area contributed by atoms with Gasteiger partial charge in [0.2, 0.25) is 5.91 Å². The summed E-state index contributed by atoms with van der Waals surface area (Å²) in [6.07, 6.45) is 4.52. The Morgan fingerprint density at radius 2 is 1.95 bits per heavy atom. The van der Waals surface area contributed by atoms with Gasteiger partial charge in [0.25, 0.3) is 0 Å². The van der Waals surface area contributed by atoms with Crippen molar-refractivity contribution in [3.8, 4) is 0 Å². The van der Waals surface area contributed by atoms with Gasteiger partial charge in [-0.15, -0.1) is 0 Å². The second-order valence-electron chi connectivity index (χ2n) is 5.75. The second-order valence-corrected chi connectivity index (χ2v) is 5.75. The van der Waals surface area contributed by atoms with E-state index in [2.05, 4.69) is 17.4 Å². The van der Waals surface area contributed by atoms with Crippen molar-refractivity contribution in [1.29, 1.82) is 0 Å². The second kappa shape index (κ2) is 6.37. The molecule has 0 spiro atoms. The summed E-state index contributed by atoms with van der Waals surface area (Å²) in [6, 6.07) is 9.55. The van der Waals surface area contributed by atoms with E-state index in [4.69, 9.17) is 10.8 Å². The number of rotatable bonds is 5. The first-order valence-corrected chi connectivity index (χ1v) is 7.32. The van der Waals surface area contributed by atoms with Gasteiger partial charge in [-0.25, -0.2) is 0 Å². The van der Waals surface area contributed by atoms with Crippen LogP contribution in [0.25, 0.3) is 0 Å². The van der Waals surface area contributed by atoms with E-state index in [0.29, 0.717) is 0 Å². The van der Waals surface area contributed by atoms with Gasteiger partial charge in [-0.1, -0.05) is 43.2 Å². The predicted molar refractivity (Wildman–Crippen MR) is 79.3 cm³/mol. The van der Waals surface area contributed by atoms with Gasteiger partial charge < -0.3 is 16.2 Å². The first-order valence-electron chi connectivity index (χ1n) is 7.32. The van der Waals surface area contributed by atoms with Crippen LogP contribution in [-0.2, 0) is 10.2 Å². The van der Waals surface area contributed by atoms with Crippen LogP contribution in [-0.4, -0.2) is 29.7 Å². The van der Waals surface area contributed by atoms with Gasteiger partial charge in [-0.3, -0.25) is 4.79 Å². The Hall–Kier alpha value is -1.39. The fourth-order valence-corrected chi connectivity index (χ4v) is 3.29. The van der Waals surface area contributed by atoms with Crippen LogP contribution in [0.1, 0.15) is 38.2 Å². The van der Waals surface area contributed by atoms with Crippen molar-refractivity contribution in [3.05, 3.63) is 35.9 Å². The minimum absolute atomic E-state index is 0.00784. The number of nitrogens with one attached hydrogen (secondary N) is 1. The van der Waals surface area contributed by atoms with Gasteiger partial charge in [0.15, 0.2) is 0 Å². The van der Waals surface area contributed by atoms with E-state index in [9.17, 15) is 4.79 Å². The average Bonchev–Trinajstić information content (AvgIpc) is 2.98. The molecule has 0 bridgehead atoms. The molecule has 2 rings (SSSR count). The zero-order valence-electron chi connectivity index (χ0n) is 12.0. The maximum atomic E-state index is 11.9. The Kier molecular flexibility index (Phi) is 4.78. The molecule has 1 saturated carbocycles. The maximum Gasteiger partial charge on any atom is 0.239 e. The van der Waals surface area contributed by atoms with Crippen molar-refractivity contribution in [3.63, 3.8) is 0 Å². The SMILES string of the molecule is CC(NC(=O)[C@@H](N)CO)C1(c2ccccc2)CCCC1. The van der Waals surface area contributed by atoms with Gasteiger partial charge in [-0.2, -0.15) is 0 Å². The van der Waals surface area contributed by atoms with E-state index in [-0.39, 0.29) is 24.0 Å². The van der Waals surface area contributed by atoms with E-state index < -0.39 is 6.04 Å². The lowest BCUT2D eigenvalue weighted by atomic mass is 9.73. The average molecular weight is 276 g/mol. The molecular weight excluding hydrogens is 252 g/mol. The molecule has 2 atom stereocenters. The molecular formula is C16H24N2O2. The Bertz CT molecular complexity index is 441. The highest BCUT2D eigenvalue weighted by Gasteiger charge is 2.41. The van der Waals surface area contributed by atoms with Crippen molar-refractivity contribution in [2.75, 3.05) is 6.61 Å². The van der Waals surface area contributed by atoms with Crippen molar-refractivity contribution in [1.82, 2.24) is 5.32 Å². The number of hydrogen-bond acceptors (Lipinski definition) is 3. The molecule has 1 unspecified atom stereocenters. The molecule has 4 N–H and O–H groups in total. The lowest BCUT2D eigenvalue weighted by Crippen LogP contribution is -2.53. The van der Waals surface area contributed by atoms with Crippen molar-refractivity contribution in [2.45, 2.75) is 50.1 Å². The number of amides is 1. The molecule has 1 aliphatic carbocycles. The number of nitrogens with two attached hydrogens (primary N) is 1. The Morgan fingerprint density at radius 3 is 2.50 bits per heavy atom. The molecule has 1 aromatic rings. The Morgan fingerprint density at radius 1 is 1.35 bits per heavy atom. The molecule has 1 aromatic carbocycles. The lowest BCUT2D eigenvalue weighted by Gasteiger charge is -2.37. The van der Waals surface area contributed by atoms with Gasteiger partial charge >= 0.3 is 0 Å². The van der Waals surface area contributed by atoms with Crippen LogP contribution in [0.15, 0.2) is 30.3 Å². The highest BCUT2D eigenvalue weighted by atomic mass is 16.3. The number of hydrogen-bond donors (Lipinski definition) is 3. The fourth-order valence-electron chi connectivity index (χ4n) is 3.29. The quantitative estimate of drug-likeness (QED) is 0.759. The summed E-state index contributed by atoms with van der Waals surface area (Å²) in [4.78, 5) is 11.9. The molecule has 20 heavy (non-hydrogen) atoms. The van der Waals surface area contributed by atoms with Crippen LogP contribution in [0.5, 0.6) is 0 Å². The normalized spacial score (nSPS) is 20.4. The smallest absolute Gasteiger partial charge is 0.239 e. The van der Waals surface area contributed by atoms with Crippen molar-refractivity contribution < 1.29 is 9.90 Å². The number of carbonyl (C=O) groups excluding carboxylic acids is 1. The third-order valence-electron chi connectivity index (χ3n) is 4.57. The molecule has 0 heterocycles. The standard InChI is InChI=1S/C16H24N2O2/c1-12(18-15(20)14(17)11-19)16(9-5-6-10-16)13-7-3-2-4-8-13/h2-4,7-8,12,14,19H,5-6,9-11,17H2,1H3,(H,18,20)/t12?,14-/m0/s1. The molecule has 4 nitrogen and oxygen atoms in total. The van der Waals surface area contributed by atoms with Gasteiger partial charge in [0.1, 0.15) is 6.04 Å². The molecule has 4 heteroatoms. The summed E-state index contributed by atoms with van der Waals surface area (Å²) < 4.78 is 0. The largest absolute Gasteiger partial charge is 0.394 e. The fraction of sp³-hybridized carbons (Fsp3) is 0.562. The number of carbonyl (C=O) groups is 1. The summed E-state index contributed by atoms with van der Waals surface area (Å²) in [7, 11) is 0. The first-order chi connectivity index (χ1) is 9.60. The highest BCUT2D eigenvalue weighted by Crippen LogP contribution is 2.43. The number of benzene rings is 1. The van der Waals surface area contributed by atoms with E-state index in [1.54, 1.807) is 0 Å². The third-order valence-corrected chi connectivity index (χ3v) is 4.57. The zero-order chi connectivity index (χ0) is 14.6. The molecule has 0 radical (unpaired) electrons. The molecule has 0 aliphatic heterocycles. The Labute approximate surface area is 120 Å². The van der Waals surface area contributed by atoms with Gasteiger partial charge in [0, 0.05) is 11.5 Å². The van der Waals surface area contributed by atoms with Crippen LogP contribution in [0.4, 0.5) is 0 Å². The van der Waals surface area contributed by atoms with Crippen LogP contribution in [0.3, 0.4) is 0 Å². The topological polar surface area (TPSA) is 75.4 Å². The van der Waals surface area contributed by atoms with E-state index in [1.165, 1.54) is 18.4 Å². The van der Waals surface area contributed by atoms with Gasteiger partial charge in [-0.05, 0) is 25.3 Å².